The van der Waals surface area contributed by atoms with Crippen molar-refractivity contribution in [2.24, 2.45) is 10.9 Å². The molecular formula is C51H38Cl3N13O4. The second-order valence-electron chi connectivity index (χ2n) is 15.0. The van der Waals surface area contributed by atoms with Crippen LogP contribution in [0.3, 0.4) is 0 Å². The van der Waals surface area contributed by atoms with Crippen LogP contribution in [0.15, 0.2) is 178 Å². The summed E-state index contributed by atoms with van der Waals surface area (Å²) in [5, 5.41) is 18.7. The first-order chi connectivity index (χ1) is 34.6. The molecule has 0 saturated heterocycles. The second kappa shape index (κ2) is 23.5. The van der Waals surface area contributed by atoms with Gasteiger partial charge in [-0.1, -0.05) is 166 Å². The van der Waals surface area contributed by atoms with Crippen molar-refractivity contribution in [3.05, 3.63) is 208 Å². The number of benzene rings is 6. The van der Waals surface area contributed by atoms with Crippen LogP contribution in [0.1, 0.15) is 38.8 Å². The zero-order chi connectivity index (χ0) is 49.5. The number of nitrogens with zero attached hydrogens (tertiary/aromatic N) is 11. The summed E-state index contributed by atoms with van der Waals surface area (Å²) in [7, 11) is 0. The van der Waals surface area contributed by atoms with E-state index in [1.165, 1.54) is 0 Å². The molecule has 0 spiro atoms. The lowest BCUT2D eigenvalue weighted by Gasteiger charge is -2.01. The van der Waals surface area contributed by atoms with Crippen molar-refractivity contribution >= 4 is 84.8 Å². The Morgan fingerprint density at radius 2 is 0.873 bits per heavy atom. The normalized spacial score (nSPS) is 10.9. The van der Waals surface area contributed by atoms with Gasteiger partial charge in [0.1, 0.15) is 5.84 Å². The molecule has 0 amide bonds. The van der Waals surface area contributed by atoms with Crippen LogP contribution in [-0.2, 0) is 19.3 Å². The van der Waals surface area contributed by atoms with E-state index in [-0.39, 0.29) is 39.4 Å². The number of hydrogen-bond donors (Lipinski definition) is 3. The minimum atomic E-state index is -0.701. The van der Waals surface area contributed by atoms with Crippen LogP contribution in [0.5, 0.6) is 0 Å². The average molecular weight is 1000 g/mol. The molecule has 6 aromatic carbocycles. The number of nitrogen functional groups attached to an aromatic ring is 1. The van der Waals surface area contributed by atoms with Gasteiger partial charge in [-0.2, -0.15) is 9.97 Å². The maximum absolute atomic E-state index is 10.9. The fourth-order valence-corrected chi connectivity index (χ4v) is 7.24. The fraction of sp³-hybridized carbons (Fsp3) is 0.0588. The van der Waals surface area contributed by atoms with E-state index in [0.29, 0.717) is 53.3 Å². The molecule has 0 unspecified atom stereocenters. The molecule has 11 rings (SSSR count). The number of halogens is 3. The van der Waals surface area contributed by atoms with Crippen LogP contribution in [0.25, 0.3) is 56.3 Å². The third kappa shape index (κ3) is 13.1. The Kier molecular flexibility index (Phi) is 16.1. The van der Waals surface area contributed by atoms with Gasteiger partial charge in [0.15, 0.2) is 44.9 Å². The number of aromatic nitrogens is 10. The highest BCUT2D eigenvalue weighted by molar-refractivity contribution is 6.68. The predicted octanol–water partition coefficient (Wildman–Crippen LogP) is 10.4. The Balaban J connectivity index is 0.000000133. The van der Waals surface area contributed by atoms with Gasteiger partial charge < -0.3 is 25.7 Å². The number of amidine groups is 1. The highest BCUT2D eigenvalue weighted by Gasteiger charge is 2.18. The summed E-state index contributed by atoms with van der Waals surface area (Å²) in [6.45, 7) is 0. The Hall–Kier alpha value is -8.77. The minimum absolute atomic E-state index is 0.00738. The molecular weight excluding hydrogens is 965 g/mol. The standard InChI is InChI=1S/C17H11ClN4O.C17H13N5O.C9H4Cl2N2O.C8H10N2O/c2*18-16-15(19-12-8-4-5-9-13(12)20-16)17-21-14(22-23-17)10-11-6-2-1-3-7-11;10-8-7(9(11)14)12-5-3-1-2-4-6(5)13-8;9-8(10-11)6-7-4-2-1-3-5-7/h1-9H,10H2;1-9H,10H2,(H2,18,20);1-4H;1-5,11H,6H2,(H2,9,10). The van der Waals surface area contributed by atoms with Crippen molar-refractivity contribution in [3.8, 4) is 23.2 Å². The molecule has 11 aromatic rings. The van der Waals surface area contributed by atoms with E-state index in [2.05, 4.69) is 55.3 Å². The molecule has 0 saturated carbocycles. The average Bonchev–Trinajstić information content (AvgIpc) is 4.07. The summed E-state index contributed by atoms with van der Waals surface area (Å²) >= 11 is 17.2. The van der Waals surface area contributed by atoms with Crippen LogP contribution in [0, 0.1) is 0 Å². The van der Waals surface area contributed by atoms with Gasteiger partial charge in [0, 0.05) is 19.3 Å². The topological polar surface area (TPSA) is 257 Å². The lowest BCUT2D eigenvalue weighted by atomic mass is 10.1. The number of hydrogen-bond acceptors (Lipinski definition) is 16. The van der Waals surface area contributed by atoms with E-state index < -0.39 is 5.24 Å². The van der Waals surface area contributed by atoms with Gasteiger partial charge in [0.05, 0.1) is 33.1 Å². The summed E-state index contributed by atoms with van der Waals surface area (Å²) in [5.41, 5.74) is 19.5. The van der Waals surface area contributed by atoms with Crippen molar-refractivity contribution in [2.75, 3.05) is 5.73 Å². The molecule has 0 radical (unpaired) electrons. The van der Waals surface area contributed by atoms with E-state index in [4.69, 9.17) is 60.5 Å². The Morgan fingerprint density at radius 3 is 1.34 bits per heavy atom. The van der Waals surface area contributed by atoms with E-state index in [9.17, 15) is 4.79 Å². The number of para-hydroxylation sites is 6. The second-order valence-corrected chi connectivity index (χ2v) is 16.1. The first kappa shape index (κ1) is 48.7. The molecule has 5 N–H and O–H groups in total. The zero-order valence-corrected chi connectivity index (χ0v) is 39.4. The molecule has 0 aliphatic heterocycles. The summed E-state index contributed by atoms with van der Waals surface area (Å²) < 4.78 is 10.6. The molecule has 0 bridgehead atoms. The van der Waals surface area contributed by atoms with Crippen molar-refractivity contribution < 1.29 is 19.0 Å². The molecule has 71 heavy (non-hydrogen) atoms. The quantitative estimate of drug-likeness (QED) is 0.0399. The number of oxime groups is 1. The number of fused-ring (bicyclic) bond motifs is 3. The number of carbonyl (C=O) groups is 1. The Bertz CT molecular complexity index is 3430. The SMILES string of the molecule is Clc1nc2ccccc2nc1-c1nc(Cc2ccccc2)no1.N/C(Cc1ccccc1)=N\O.Nc1nc2ccccc2nc1-c1nc(Cc2ccccc2)no1.O=C(Cl)c1nc2ccccc2nc1Cl. The van der Waals surface area contributed by atoms with E-state index in [0.717, 1.165) is 38.8 Å². The van der Waals surface area contributed by atoms with Crippen molar-refractivity contribution in [3.63, 3.8) is 0 Å². The largest absolute Gasteiger partial charge is 0.409 e. The minimum Gasteiger partial charge on any atom is -0.409 e. The first-order valence-electron chi connectivity index (χ1n) is 21.4. The van der Waals surface area contributed by atoms with Crippen molar-refractivity contribution in [2.45, 2.75) is 19.3 Å². The summed E-state index contributed by atoms with van der Waals surface area (Å²) in [4.78, 5) is 45.3. The molecule has 0 aliphatic carbocycles. The Morgan fingerprint density at radius 1 is 0.493 bits per heavy atom. The van der Waals surface area contributed by atoms with Crippen LogP contribution in [0.2, 0.25) is 10.3 Å². The van der Waals surface area contributed by atoms with Crippen molar-refractivity contribution in [1.29, 1.82) is 0 Å². The van der Waals surface area contributed by atoms with Crippen LogP contribution >= 0.6 is 34.8 Å². The molecule has 5 aromatic heterocycles. The Labute approximate surface area is 419 Å². The van der Waals surface area contributed by atoms with E-state index >= 15 is 0 Å². The molecule has 17 nitrogen and oxygen atoms in total. The van der Waals surface area contributed by atoms with Crippen LogP contribution in [-0.4, -0.2) is 66.5 Å². The van der Waals surface area contributed by atoms with Gasteiger partial charge in [-0.25, -0.2) is 29.9 Å². The molecule has 0 atom stereocenters. The van der Waals surface area contributed by atoms with Gasteiger partial charge in [-0.3, -0.25) is 4.79 Å². The lowest BCUT2D eigenvalue weighted by molar-refractivity contribution is 0.107. The van der Waals surface area contributed by atoms with Gasteiger partial charge in [0.2, 0.25) is 0 Å². The summed E-state index contributed by atoms with van der Waals surface area (Å²) in [6.07, 6.45) is 1.67. The number of rotatable bonds is 9. The summed E-state index contributed by atoms with van der Waals surface area (Å²) in [6, 6.07) is 51.6. The number of anilines is 1. The third-order valence-electron chi connectivity index (χ3n) is 9.95. The number of nitrogens with two attached hydrogens (primary N) is 2. The van der Waals surface area contributed by atoms with E-state index in [1.54, 1.807) is 18.2 Å². The highest BCUT2D eigenvalue weighted by Crippen LogP contribution is 2.27. The van der Waals surface area contributed by atoms with Gasteiger partial charge in [-0.15, -0.1) is 0 Å². The molecule has 0 fully saturated rings. The fourth-order valence-electron chi connectivity index (χ4n) is 6.63. The smallest absolute Gasteiger partial charge is 0.280 e. The van der Waals surface area contributed by atoms with E-state index in [1.807, 2.05) is 146 Å². The van der Waals surface area contributed by atoms with Crippen LogP contribution in [0.4, 0.5) is 5.82 Å². The molecule has 352 valence electrons. The predicted molar refractivity (Wildman–Crippen MR) is 272 cm³/mol. The maximum Gasteiger partial charge on any atom is 0.280 e. The third-order valence-corrected chi connectivity index (χ3v) is 10.7. The van der Waals surface area contributed by atoms with Gasteiger partial charge >= 0.3 is 0 Å². The van der Waals surface area contributed by atoms with Gasteiger partial charge in [0.25, 0.3) is 17.0 Å². The highest BCUT2D eigenvalue weighted by atomic mass is 35.5. The molecule has 20 heteroatoms. The summed E-state index contributed by atoms with van der Waals surface area (Å²) in [5.74, 6) is 2.23. The monoisotopic (exact) mass is 1000 g/mol. The molecule has 0 aliphatic rings. The van der Waals surface area contributed by atoms with Crippen molar-refractivity contribution in [1.82, 2.24) is 50.2 Å². The lowest BCUT2D eigenvalue weighted by Crippen LogP contribution is -2.14. The number of carbonyl (C=O) groups excluding carboxylic acids is 1. The zero-order valence-electron chi connectivity index (χ0n) is 37.1. The van der Waals surface area contributed by atoms with Crippen LogP contribution < -0.4 is 11.5 Å². The maximum atomic E-state index is 10.9. The molecule has 5 heterocycles. The van der Waals surface area contributed by atoms with Gasteiger partial charge in [-0.05, 0) is 64.7 Å². The first-order valence-corrected chi connectivity index (χ1v) is 22.5.